The summed E-state index contributed by atoms with van der Waals surface area (Å²) in [5.74, 6) is -0.561. The van der Waals surface area contributed by atoms with E-state index in [9.17, 15) is 9.59 Å². The first-order chi connectivity index (χ1) is 10.0. The van der Waals surface area contributed by atoms with Crippen molar-refractivity contribution in [1.29, 1.82) is 0 Å². The molecule has 1 aliphatic rings. The number of aliphatic carboxylic acids is 1. The van der Waals surface area contributed by atoms with Crippen molar-refractivity contribution >= 4 is 18.0 Å². The van der Waals surface area contributed by atoms with Gasteiger partial charge in [-0.3, -0.25) is 4.79 Å². The Labute approximate surface area is 124 Å². The van der Waals surface area contributed by atoms with Crippen molar-refractivity contribution in [2.45, 2.75) is 45.3 Å². The molecule has 0 spiro atoms. The van der Waals surface area contributed by atoms with E-state index in [4.69, 9.17) is 9.84 Å². The molecule has 5 heteroatoms. The molecular weight excluding hydrogens is 270 g/mol. The van der Waals surface area contributed by atoms with Crippen LogP contribution in [-0.2, 0) is 20.9 Å². The molecule has 0 unspecified atom stereocenters. The summed E-state index contributed by atoms with van der Waals surface area (Å²) in [6.45, 7) is 2.33. The van der Waals surface area contributed by atoms with Gasteiger partial charge >= 0.3 is 11.9 Å². The van der Waals surface area contributed by atoms with Crippen molar-refractivity contribution in [3.05, 3.63) is 30.1 Å². The van der Waals surface area contributed by atoms with Crippen molar-refractivity contribution in [2.75, 3.05) is 0 Å². The molecule has 21 heavy (non-hydrogen) atoms. The number of carbonyl (C=O) groups is 2. The molecule has 0 atom stereocenters. The Bertz CT molecular complexity index is 524. The van der Waals surface area contributed by atoms with Gasteiger partial charge < -0.3 is 14.4 Å². The van der Waals surface area contributed by atoms with Gasteiger partial charge in [-0.05, 0) is 49.8 Å². The average Bonchev–Trinajstić information content (AvgIpc) is 2.86. The Morgan fingerprint density at radius 2 is 2.10 bits per heavy atom. The van der Waals surface area contributed by atoms with Crippen LogP contribution >= 0.6 is 0 Å². The molecule has 5 nitrogen and oxygen atoms in total. The summed E-state index contributed by atoms with van der Waals surface area (Å²) in [7, 11) is 0. The van der Waals surface area contributed by atoms with Crippen LogP contribution in [0.2, 0.25) is 0 Å². The van der Waals surface area contributed by atoms with Crippen LogP contribution in [0.5, 0.6) is 0 Å². The monoisotopic (exact) mass is 291 g/mol. The van der Waals surface area contributed by atoms with Gasteiger partial charge in [-0.25, -0.2) is 4.79 Å². The topological polar surface area (TPSA) is 68.5 Å². The fourth-order valence-electron chi connectivity index (χ4n) is 2.59. The maximum atomic E-state index is 12.0. The Balaban J connectivity index is 1.88. The molecule has 1 heterocycles. The lowest BCUT2D eigenvalue weighted by atomic mass is 9.89. The Hall–Kier alpha value is -2.04. The second-order valence-electron chi connectivity index (χ2n) is 5.60. The van der Waals surface area contributed by atoms with Crippen LogP contribution in [0.4, 0.5) is 0 Å². The normalized spacial score (nSPS) is 22.3. The minimum atomic E-state index is -1.01. The van der Waals surface area contributed by atoms with E-state index in [-0.39, 0.29) is 18.6 Å². The number of esters is 1. The largest absolute Gasteiger partial charge is 0.478 e. The van der Waals surface area contributed by atoms with E-state index in [1.54, 1.807) is 22.9 Å². The highest BCUT2D eigenvalue weighted by Gasteiger charge is 2.21. The second kappa shape index (κ2) is 7.11. The molecular formula is C16H21NO4. The predicted molar refractivity (Wildman–Crippen MR) is 78.6 cm³/mol. The summed E-state index contributed by atoms with van der Waals surface area (Å²) >= 11 is 0. The molecule has 2 rings (SSSR count). The molecule has 0 radical (unpaired) electrons. The van der Waals surface area contributed by atoms with Crippen LogP contribution in [-0.4, -0.2) is 27.7 Å². The zero-order valence-corrected chi connectivity index (χ0v) is 12.2. The van der Waals surface area contributed by atoms with Gasteiger partial charge in [-0.1, -0.05) is 6.92 Å². The summed E-state index contributed by atoms with van der Waals surface area (Å²) in [5, 5.41) is 8.64. The molecule has 0 aliphatic heterocycles. The van der Waals surface area contributed by atoms with Gasteiger partial charge in [0.2, 0.25) is 0 Å². The summed E-state index contributed by atoms with van der Waals surface area (Å²) < 4.78 is 7.18. The zero-order chi connectivity index (χ0) is 15.2. The number of carboxylic acid groups (broad SMARTS) is 1. The molecule has 1 aromatic heterocycles. The molecule has 1 aliphatic carbocycles. The summed E-state index contributed by atoms with van der Waals surface area (Å²) in [6.07, 6.45) is 8.38. The number of nitrogens with zero attached hydrogens (tertiary/aromatic N) is 1. The maximum absolute atomic E-state index is 12.0. The van der Waals surface area contributed by atoms with E-state index in [1.165, 1.54) is 6.08 Å². The molecule has 1 N–H and O–H groups in total. The number of hydrogen-bond donors (Lipinski definition) is 1. The highest BCUT2D eigenvalue weighted by molar-refractivity contribution is 5.85. The second-order valence-corrected chi connectivity index (χ2v) is 5.60. The molecule has 0 amide bonds. The molecule has 0 bridgehead atoms. The first-order valence-electron chi connectivity index (χ1n) is 7.30. The zero-order valence-electron chi connectivity index (χ0n) is 12.2. The van der Waals surface area contributed by atoms with E-state index in [1.807, 2.05) is 0 Å². The van der Waals surface area contributed by atoms with E-state index >= 15 is 0 Å². The Kier molecular flexibility index (Phi) is 5.20. The lowest BCUT2D eigenvalue weighted by Crippen LogP contribution is -2.25. The molecule has 114 valence electrons. The number of hydrogen-bond acceptors (Lipinski definition) is 3. The Morgan fingerprint density at radius 1 is 1.38 bits per heavy atom. The van der Waals surface area contributed by atoms with Gasteiger partial charge in [0.15, 0.2) is 0 Å². The van der Waals surface area contributed by atoms with Crippen LogP contribution in [0.3, 0.4) is 0 Å². The lowest BCUT2D eigenvalue weighted by molar-refractivity contribution is -0.151. The van der Waals surface area contributed by atoms with Crippen LogP contribution in [0.1, 0.15) is 38.3 Å². The number of rotatable bonds is 5. The van der Waals surface area contributed by atoms with E-state index in [2.05, 4.69) is 6.92 Å². The first kappa shape index (κ1) is 15.4. The van der Waals surface area contributed by atoms with Crippen molar-refractivity contribution in [3.63, 3.8) is 0 Å². The standard InChI is InChI=1S/C16H21NO4/c1-12-4-7-14(8-5-12)21-16(20)11-17-10-2-3-13(17)6-9-15(18)19/h2-3,6,9-10,12,14H,4-5,7-8,11H2,1H3,(H,18,19)/b9-6+. The van der Waals surface area contributed by atoms with Gasteiger partial charge in [-0.15, -0.1) is 0 Å². The van der Waals surface area contributed by atoms with Crippen molar-refractivity contribution in [3.8, 4) is 0 Å². The van der Waals surface area contributed by atoms with Crippen molar-refractivity contribution in [2.24, 2.45) is 5.92 Å². The quantitative estimate of drug-likeness (QED) is 0.669. The molecule has 1 fully saturated rings. The minimum absolute atomic E-state index is 0.0299. The third-order valence-corrected chi connectivity index (χ3v) is 3.82. The third kappa shape index (κ3) is 4.77. The van der Waals surface area contributed by atoms with Gasteiger partial charge in [0.25, 0.3) is 0 Å². The number of aromatic nitrogens is 1. The third-order valence-electron chi connectivity index (χ3n) is 3.82. The average molecular weight is 291 g/mol. The van der Waals surface area contributed by atoms with Gasteiger partial charge in [0.1, 0.15) is 12.6 Å². The smallest absolute Gasteiger partial charge is 0.328 e. The summed E-state index contributed by atoms with van der Waals surface area (Å²) in [4.78, 5) is 22.5. The maximum Gasteiger partial charge on any atom is 0.328 e. The molecule has 1 saturated carbocycles. The summed E-state index contributed by atoms with van der Waals surface area (Å²) in [6, 6.07) is 3.53. The summed E-state index contributed by atoms with van der Waals surface area (Å²) in [5.41, 5.74) is 0.673. The molecule has 0 aromatic carbocycles. The van der Waals surface area contributed by atoms with Gasteiger partial charge in [0.05, 0.1) is 0 Å². The minimum Gasteiger partial charge on any atom is -0.478 e. The molecule has 0 saturated heterocycles. The fourth-order valence-corrected chi connectivity index (χ4v) is 2.59. The van der Waals surface area contributed by atoms with Gasteiger partial charge in [-0.2, -0.15) is 0 Å². The van der Waals surface area contributed by atoms with Gasteiger partial charge in [0, 0.05) is 18.0 Å². The number of carbonyl (C=O) groups excluding carboxylic acids is 1. The lowest BCUT2D eigenvalue weighted by Gasteiger charge is -2.26. The van der Waals surface area contributed by atoms with E-state index in [0.717, 1.165) is 37.7 Å². The Morgan fingerprint density at radius 3 is 2.76 bits per heavy atom. The SMILES string of the molecule is CC1CCC(OC(=O)Cn2cccc2/C=C/C(=O)O)CC1. The predicted octanol–water partition coefficient (Wildman–Crippen LogP) is 2.71. The number of ether oxygens (including phenoxy) is 1. The fraction of sp³-hybridized carbons (Fsp3) is 0.500. The van der Waals surface area contributed by atoms with Crippen LogP contribution in [0.15, 0.2) is 24.4 Å². The van der Waals surface area contributed by atoms with E-state index < -0.39 is 5.97 Å². The van der Waals surface area contributed by atoms with Crippen LogP contribution in [0.25, 0.3) is 6.08 Å². The highest BCUT2D eigenvalue weighted by atomic mass is 16.5. The van der Waals surface area contributed by atoms with Crippen LogP contribution < -0.4 is 0 Å². The highest BCUT2D eigenvalue weighted by Crippen LogP contribution is 2.25. The van der Waals surface area contributed by atoms with Crippen molar-refractivity contribution < 1.29 is 19.4 Å². The van der Waals surface area contributed by atoms with E-state index in [0.29, 0.717) is 5.69 Å². The first-order valence-corrected chi connectivity index (χ1v) is 7.30. The van der Waals surface area contributed by atoms with Crippen molar-refractivity contribution in [1.82, 2.24) is 4.57 Å². The number of carboxylic acids is 1. The van der Waals surface area contributed by atoms with Crippen LogP contribution in [0, 0.1) is 5.92 Å². The molecule has 1 aromatic rings.